The molecule has 3 heteroatoms. The van der Waals surface area contributed by atoms with Crippen molar-refractivity contribution in [3.05, 3.63) is 34.1 Å². The Bertz CT molecular complexity index is 289. The summed E-state index contributed by atoms with van der Waals surface area (Å²) in [5.74, 6) is -0.141. The van der Waals surface area contributed by atoms with Gasteiger partial charge in [-0.25, -0.2) is 4.39 Å². The molecule has 1 aromatic carbocycles. The van der Waals surface area contributed by atoms with Crippen molar-refractivity contribution in [1.82, 2.24) is 5.32 Å². The van der Waals surface area contributed by atoms with Gasteiger partial charge in [-0.2, -0.15) is 0 Å². The highest BCUT2D eigenvalue weighted by Gasteiger charge is 2.01. The quantitative estimate of drug-likeness (QED) is 0.799. The van der Waals surface area contributed by atoms with Gasteiger partial charge in [-0.3, -0.25) is 0 Å². The zero-order valence-electron chi connectivity index (χ0n) is 8.32. The van der Waals surface area contributed by atoms with Crippen molar-refractivity contribution in [2.45, 2.75) is 26.3 Å². The molecule has 0 bridgehead atoms. The molecule has 0 heterocycles. The molecule has 0 aromatic heterocycles. The Hall–Kier alpha value is -0.410. The molecule has 14 heavy (non-hydrogen) atoms. The summed E-state index contributed by atoms with van der Waals surface area (Å²) in [6, 6.07) is 5.01. The Kier molecular flexibility index (Phi) is 5.12. The molecule has 0 saturated carbocycles. The molecule has 0 fully saturated rings. The minimum atomic E-state index is -0.141. The highest BCUT2D eigenvalue weighted by Crippen LogP contribution is 2.15. The van der Waals surface area contributed by atoms with Gasteiger partial charge in [0.1, 0.15) is 5.82 Å². The predicted octanol–water partition coefficient (Wildman–Crippen LogP) is 3.48. The summed E-state index contributed by atoms with van der Waals surface area (Å²) in [7, 11) is 0. The van der Waals surface area contributed by atoms with Crippen molar-refractivity contribution in [3.8, 4) is 0 Å². The third kappa shape index (κ3) is 3.76. The van der Waals surface area contributed by atoms with E-state index in [0.29, 0.717) is 6.54 Å². The van der Waals surface area contributed by atoms with E-state index in [0.717, 1.165) is 29.4 Å². The molecule has 1 aromatic rings. The van der Waals surface area contributed by atoms with E-state index in [2.05, 4.69) is 28.2 Å². The Morgan fingerprint density at radius 3 is 2.93 bits per heavy atom. The predicted molar refractivity (Wildman–Crippen MR) is 60.7 cm³/mol. The number of halogens is 2. The SMILES string of the molecule is CCCCNCc1cc(Br)ccc1F. The molecule has 0 radical (unpaired) electrons. The van der Waals surface area contributed by atoms with Gasteiger partial charge in [0.15, 0.2) is 0 Å². The van der Waals surface area contributed by atoms with Crippen molar-refractivity contribution in [1.29, 1.82) is 0 Å². The largest absolute Gasteiger partial charge is 0.313 e. The van der Waals surface area contributed by atoms with Gasteiger partial charge in [0.05, 0.1) is 0 Å². The van der Waals surface area contributed by atoms with Gasteiger partial charge in [0, 0.05) is 16.6 Å². The smallest absolute Gasteiger partial charge is 0.127 e. The van der Waals surface area contributed by atoms with E-state index in [1.54, 1.807) is 6.07 Å². The Labute approximate surface area is 92.8 Å². The van der Waals surface area contributed by atoms with Crippen LogP contribution in [0.25, 0.3) is 0 Å². The van der Waals surface area contributed by atoms with Crippen LogP contribution in [0, 0.1) is 5.82 Å². The van der Waals surface area contributed by atoms with E-state index in [1.807, 2.05) is 6.07 Å². The van der Waals surface area contributed by atoms with Crippen molar-refractivity contribution in [2.75, 3.05) is 6.54 Å². The minimum Gasteiger partial charge on any atom is -0.313 e. The van der Waals surface area contributed by atoms with Gasteiger partial charge in [0.2, 0.25) is 0 Å². The van der Waals surface area contributed by atoms with E-state index >= 15 is 0 Å². The van der Waals surface area contributed by atoms with E-state index in [9.17, 15) is 4.39 Å². The molecule has 78 valence electrons. The van der Waals surface area contributed by atoms with E-state index in [4.69, 9.17) is 0 Å². The fourth-order valence-corrected chi connectivity index (χ4v) is 1.61. The summed E-state index contributed by atoms with van der Waals surface area (Å²) in [6.45, 7) is 3.69. The van der Waals surface area contributed by atoms with E-state index in [-0.39, 0.29) is 5.82 Å². The molecule has 1 nitrogen and oxygen atoms in total. The van der Waals surface area contributed by atoms with Crippen LogP contribution in [0.4, 0.5) is 4.39 Å². The first-order valence-electron chi connectivity index (χ1n) is 4.88. The average molecular weight is 260 g/mol. The Morgan fingerprint density at radius 2 is 2.21 bits per heavy atom. The lowest BCUT2D eigenvalue weighted by molar-refractivity contribution is 0.579. The van der Waals surface area contributed by atoms with Crippen LogP contribution in [0.1, 0.15) is 25.3 Å². The van der Waals surface area contributed by atoms with Crippen LogP contribution in [-0.2, 0) is 6.54 Å². The summed E-state index contributed by atoms with van der Waals surface area (Å²) in [4.78, 5) is 0. The lowest BCUT2D eigenvalue weighted by Crippen LogP contribution is -2.15. The molecule has 0 aliphatic rings. The van der Waals surface area contributed by atoms with E-state index < -0.39 is 0 Å². The summed E-state index contributed by atoms with van der Waals surface area (Å²) in [5, 5.41) is 3.21. The number of nitrogens with one attached hydrogen (secondary N) is 1. The first-order chi connectivity index (χ1) is 6.74. The Balaban J connectivity index is 2.45. The molecule has 0 aliphatic carbocycles. The van der Waals surface area contributed by atoms with Crippen LogP contribution in [0.5, 0.6) is 0 Å². The van der Waals surface area contributed by atoms with Gasteiger partial charge < -0.3 is 5.32 Å². The minimum absolute atomic E-state index is 0.141. The maximum absolute atomic E-state index is 13.2. The number of unbranched alkanes of at least 4 members (excludes halogenated alkanes) is 1. The van der Waals surface area contributed by atoms with Crippen molar-refractivity contribution in [2.24, 2.45) is 0 Å². The number of hydrogen-bond acceptors (Lipinski definition) is 1. The molecule has 0 unspecified atom stereocenters. The van der Waals surface area contributed by atoms with Crippen LogP contribution >= 0.6 is 15.9 Å². The standard InChI is InChI=1S/C11H15BrFN/c1-2-3-6-14-8-9-7-10(12)4-5-11(9)13/h4-5,7,14H,2-3,6,8H2,1H3. The first-order valence-corrected chi connectivity index (χ1v) is 5.68. The third-order valence-electron chi connectivity index (χ3n) is 2.03. The highest BCUT2D eigenvalue weighted by molar-refractivity contribution is 9.10. The first kappa shape index (κ1) is 11.7. The van der Waals surface area contributed by atoms with Crippen molar-refractivity contribution >= 4 is 15.9 Å². The van der Waals surface area contributed by atoms with Gasteiger partial charge in [-0.15, -0.1) is 0 Å². The lowest BCUT2D eigenvalue weighted by Gasteiger charge is -2.05. The molecule has 0 amide bonds. The van der Waals surface area contributed by atoms with Crippen LogP contribution in [0.15, 0.2) is 22.7 Å². The maximum atomic E-state index is 13.2. The van der Waals surface area contributed by atoms with Gasteiger partial charge >= 0.3 is 0 Å². The van der Waals surface area contributed by atoms with Gasteiger partial charge in [-0.1, -0.05) is 29.3 Å². The Morgan fingerprint density at radius 1 is 1.43 bits per heavy atom. The second-order valence-corrected chi connectivity index (χ2v) is 4.18. The second-order valence-electron chi connectivity index (χ2n) is 3.27. The summed E-state index contributed by atoms with van der Waals surface area (Å²) >= 11 is 3.32. The molecule has 0 atom stereocenters. The topological polar surface area (TPSA) is 12.0 Å². The number of hydrogen-bond donors (Lipinski definition) is 1. The lowest BCUT2D eigenvalue weighted by atomic mass is 10.2. The second kappa shape index (κ2) is 6.14. The molecule has 1 rings (SSSR count). The number of benzene rings is 1. The molecule has 0 saturated heterocycles. The van der Waals surface area contributed by atoms with Crippen molar-refractivity contribution < 1.29 is 4.39 Å². The van der Waals surface area contributed by atoms with Crippen LogP contribution in [-0.4, -0.2) is 6.54 Å². The molecule has 0 aliphatic heterocycles. The monoisotopic (exact) mass is 259 g/mol. The van der Waals surface area contributed by atoms with Gasteiger partial charge in [-0.05, 0) is 31.2 Å². The normalized spacial score (nSPS) is 10.5. The fourth-order valence-electron chi connectivity index (χ4n) is 1.20. The average Bonchev–Trinajstić information content (AvgIpc) is 2.18. The molecular formula is C11H15BrFN. The molecule has 0 spiro atoms. The van der Waals surface area contributed by atoms with Crippen LogP contribution in [0.2, 0.25) is 0 Å². The zero-order valence-corrected chi connectivity index (χ0v) is 9.90. The van der Waals surface area contributed by atoms with Gasteiger partial charge in [0.25, 0.3) is 0 Å². The fraction of sp³-hybridized carbons (Fsp3) is 0.455. The third-order valence-corrected chi connectivity index (χ3v) is 2.52. The van der Waals surface area contributed by atoms with Crippen LogP contribution < -0.4 is 5.32 Å². The molecular weight excluding hydrogens is 245 g/mol. The number of rotatable bonds is 5. The van der Waals surface area contributed by atoms with Crippen molar-refractivity contribution in [3.63, 3.8) is 0 Å². The highest BCUT2D eigenvalue weighted by atomic mass is 79.9. The zero-order chi connectivity index (χ0) is 10.4. The molecule has 1 N–H and O–H groups in total. The van der Waals surface area contributed by atoms with Crippen LogP contribution in [0.3, 0.4) is 0 Å². The summed E-state index contributed by atoms with van der Waals surface area (Å²) < 4.78 is 14.1. The van der Waals surface area contributed by atoms with E-state index in [1.165, 1.54) is 6.07 Å². The maximum Gasteiger partial charge on any atom is 0.127 e. The summed E-state index contributed by atoms with van der Waals surface area (Å²) in [6.07, 6.45) is 2.30. The summed E-state index contributed by atoms with van der Waals surface area (Å²) in [5.41, 5.74) is 0.718.